The predicted molar refractivity (Wildman–Crippen MR) is 34.5 cm³/mol. The van der Waals surface area contributed by atoms with Crippen molar-refractivity contribution in [2.24, 2.45) is 5.73 Å². The highest BCUT2D eigenvalue weighted by Gasteiger charge is 1.97. The maximum Gasteiger partial charge on any atom is 0.266 e. The molecule has 9 heavy (non-hydrogen) atoms. The van der Waals surface area contributed by atoms with Crippen LogP contribution in [0.1, 0.15) is 10.5 Å². The Labute approximate surface area is 56.1 Å². The first kappa shape index (κ1) is 6.03. The molecule has 0 radical (unpaired) electrons. The minimum atomic E-state index is -0.512. The highest BCUT2D eigenvalue weighted by Crippen LogP contribution is 1.88. The van der Waals surface area contributed by atoms with Crippen LogP contribution in [0.2, 0.25) is 0 Å². The van der Waals surface area contributed by atoms with Gasteiger partial charge in [-0.05, 0) is 12.2 Å². The first-order valence-electron chi connectivity index (χ1n) is 2.27. The smallest absolute Gasteiger partial charge is 0.266 e. The van der Waals surface area contributed by atoms with Gasteiger partial charge in [-0.2, -0.15) is 0 Å². The number of rotatable bonds is 1. The molecule has 0 aliphatic carbocycles. The number of carbonyl (C=O) groups is 1. The lowest BCUT2D eigenvalue weighted by atomic mass is 10.5. The highest BCUT2D eigenvalue weighted by molar-refractivity contribution is 7.71. The minimum Gasteiger partial charge on any atom is -0.364 e. The van der Waals surface area contributed by atoms with Crippen LogP contribution in [-0.4, -0.2) is 15.9 Å². The summed E-state index contributed by atoms with van der Waals surface area (Å²) in [7, 11) is 0. The summed E-state index contributed by atoms with van der Waals surface area (Å²) in [5.41, 5.74) is 5.20. The fraction of sp³-hybridized carbons (Fsp3) is 0. The van der Waals surface area contributed by atoms with Crippen LogP contribution in [-0.2, 0) is 0 Å². The molecule has 4 nitrogen and oxygen atoms in total. The Morgan fingerprint density at radius 1 is 1.78 bits per heavy atom. The molecular weight excluding hydrogens is 138 g/mol. The zero-order valence-corrected chi connectivity index (χ0v) is 5.29. The molecule has 5 heteroatoms. The number of primary amides is 1. The van der Waals surface area contributed by atoms with E-state index in [9.17, 15) is 4.79 Å². The molecule has 1 rings (SSSR count). The lowest BCUT2D eigenvalue weighted by molar-refractivity contribution is 0.0996. The zero-order chi connectivity index (χ0) is 6.85. The van der Waals surface area contributed by atoms with Gasteiger partial charge in [-0.15, -0.1) is 0 Å². The molecule has 0 atom stereocenters. The molecule has 48 valence electrons. The second-order valence-corrected chi connectivity index (χ2v) is 1.93. The van der Waals surface area contributed by atoms with Gasteiger partial charge in [-0.3, -0.25) is 4.79 Å². The zero-order valence-electron chi connectivity index (χ0n) is 4.47. The van der Waals surface area contributed by atoms with Gasteiger partial charge in [0.15, 0.2) is 4.77 Å². The molecule has 1 heterocycles. The Morgan fingerprint density at radius 2 is 2.44 bits per heavy atom. The molecule has 0 aliphatic rings. The molecule has 0 unspecified atom stereocenters. The van der Waals surface area contributed by atoms with Gasteiger partial charge >= 0.3 is 0 Å². The van der Waals surface area contributed by atoms with E-state index in [2.05, 4.69) is 22.2 Å². The summed E-state index contributed by atoms with van der Waals surface area (Å²) in [4.78, 5) is 15.5. The standard InChI is InChI=1S/C4H5N3OS/c5-3(8)2-1-6-4(9)7-2/h1H,(H2,5,8)(H2,6,7,9). The molecule has 0 bridgehead atoms. The topological polar surface area (TPSA) is 74.7 Å². The third-order valence-electron chi connectivity index (χ3n) is 0.861. The number of H-pyrrole nitrogens is 2. The van der Waals surface area contributed by atoms with E-state index in [4.69, 9.17) is 5.73 Å². The molecule has 1 aromatic heterocycles. The van der Waals surface area contributed by atoms with Gasteiger partial charge in [0.25, 0.3) is 5.91 Å². The Morgan fingerprint density at radius 3 is 2.67 bits per heavy atom. The third kappa shape index (κ3) is 1.17. The third-order valence-corrected chi connectivity index (χ3v) is 1.08. The van der Waals surface area contributed by atoms with E-state index < -0.39 is 5.91 Å². The van der Waals surface area contributed by atoms with Crippen LogP contribution >= 0.6 is 12.2 Å². The molecule has 0 fully saturated rings. The average Bonchev–Trinajstić information content (AvgIpc) is 2.14. The van der Waals surface area contributed by atoms with Crippen LogP contribution in [0.15, 0.2) is 6.20 Å². The van der Waals surface area contributed by atoms with E-state index in [0.29, 0.717) is 10.5 Å². The maximum absolute atomic E-state index is 10.3. The Kier molecular flexibility index (Phi) is 1.35. The Balaban J connectivity index is 3.12. The van der Waals surface area contributed by atoms with Gasteiger partial charge in [-0.1, -0.05) is 0 Å². The number of imidazole rings is 1. The molecule has 0 saturated heterocycles. The minimum absolute atomic E-state index is 0.306. The van der Waals surface area contributed by atoms with Gasteiger partial charge in [0.05, 0.1) is 0 Å². The van der Waals surface area contributed by atoms with Crippen LogP contribution in [0.5, 0.6) is 0 Å². The number of carbonyl (C=O) groups excluding carboxylic acids is 1. The monoisotopic (exact) mass is 143 g/mol. The van der Waals surface area contributed by atoms with Crippen molar-refractivity contribution in [2.75, 3.05) is 0 Å². The lowest BCUT2D eigenvalue weighted by Gasteiger charge is -1.81. The number of nitrogens with two attached hydrogens (primary N) is 1. The first-order valence-corrected chi connectivity index (χ1v) is 2.68. The van der Waals surface area contributed by atoms with Crippen LogP contribution in [0.25, 0.3) is 0 Å². The second-order valence-electron chi connectivity index (χ2n) is 1.52. The molecule has 4 N–H and O–H groups in total. The van der Waals surface area contributed by atoms with E-state index >= 15 is 0 Å². The fourth-order valence-electron chi connectivity index (χ4n) is 0.465. The quantitative estimate of drug-likeness (QED) is 0.490. The summed E-state index contributed by atoms with van der Waals surface area (Å²) in [5.74, 6) is -0.512. The number of hydrogen-bond donors (Lipinski definition) is 3. The summed E-state index contributed by atoms with van der Waals surface area (Å²) in [6, 6.07) is 0. The van der Waals surface area contributed by atoms with Crippen molar-refractivity contribution in [2.45, 2.75) is 0 Å². The SMILES string of the molecule is NC(=O)c1c[nH]c(=S)[nH]1. The number of nitrogens with one attached hydrogen (secondary N) is 2. The molecule has 0 saturated carbocycles. The number of aromatic nitrogens is 2. The van der Waals surface area contributed by atoms with Gasteiger partial charge in [-0.25, -0.2) is 0 Å². The summed E-state index contributed by atoms with van der Waals surface area (Å²) in [5, 5.41) is 0. The average molecular weight is 143 g/mol. The lowest BCUT2D eigenvalue weighted by Crippen LogP contribution is -2.10. The van der Waals surface area contributed by atoms with Gasteiger partial charge in [0.2, 0.25) is 0 Å². The molecule has 0 aliphatic heterocycles. The van der Waals surface area contributed by atoms with Crippen LogP contribution in [0, 0.1) is 4.77 Å². The van der Waals surface area contributed by atoms with Gasteiger partial charge in [0, 0.05) is 6.20 Å². The largest absolute Gasteiger partial charge is 0.364 e. The van der Waals surface area contributed by atoms with Crippen molar-refractivity contribution in [1.82, 2.24) is 9.97 Å². The highest BCUT2D eigenvalue weighted by atomic mass is 32.1. The molecule has 0 aromatic carbocycles. The first-order chi connectivity index (χ1) is 4.20. The van der Waals surface area contributed by atoms with E-state index in [1.807, 2.05) is 0 Å². The van der Waals surface area contributed by atoms with E-state index in [0.717, 1.165) is 0 Å². The summed E-state index contributed by atoms with van der Waals surface area (Å²) < 4.78 is 0.406. The summed E-state index contributed by atoms with van der Waals surface area (Å²) in [6.07, 6.45) is 1.44. The van der Waals surface area contributed by atoms with Gasteiger partial charge in [0.1, 0.15) is 5.69 Å². The van der Waals surface area contributed by atoms with Crippen molar-refractivity contribution in [3.63, 3.8) is 0 Å². The molecular formula is C4H5N3OS. The Bertz CT molecular complexity index is 273. The van der Waals surface area contributed by atoms with Crippen molar-refractivity contribution in [3.05, 3.63) is 16.7 Å². The van der Waals surface area contributed by atoms with E-state index in [-0.39, 0.29) is 0 Å². The Hall–Kier alpha value is -1.10. The molecule has 1 aromatic rings. The number of aromatic amines is 2. The van der Waals surface area contributed by atoms with Crippen molar-refractivity contribution in [3.8, 4) is 0 Å². The van der Waals surface area contributed by atoms with E-state index in [1.54, 1.807) is 0 Å². The van der Waals surface area contributed by atoms with Crippen molar-refractivity contribution >= 4 is 18.1 Å². The summed E-state index contributed by atoms with van der Waals surface area (Å²) >= 11 is 4.63. The normalized spacial score (nSPS) is 9.33. The number of amides is 1. The van der Waals surface area contributed by atoms with Crippen molar-refractivity contribution in [1.29, 1.82) is 0 Å². The summed E-state index contributed by atoms with van der Waals surface area (Å²) in [6.45, 7) is 0. The van der Waals surface area contributed by atoms with Crippen molar-refractivity contribution < 1.29 is 4.79 Å². The maximum atomic E-state index is 10.3. The fourth-order valence-corrected chi connectivity index (χ4v) is 0.634. The van der Waals surface area contributed by atoms with Crippen LogP contribution < -0.4 is 5.73 Å². The van der Waals surface area contributed by atoms with Gasteiger partial charge < -0.3 is 15.7 Å². The van der Waals surface area contributed by atoms with E-state index in [1.165, 1.54) is 6.20 Å². The molecule has 1 amide bonds. The predicted octanol–water partition coefficient (Wildman–Crippen LogP) is 0.171. The van der Waals surface area contributed by atoms with Crippen LogP contribution in [0.4, 0.5) is 0 Å². The second kappa shape index (κ2) is 2.02. The number of hydrogen-bond acceptors (Lipinski definition) is 2. The molecule has 0 spiro atoms. The van der Waals surface area contributed by atoms with Crippen LogP contribution in [0.3, 0.4) is 0 Å².